The van der Waals surface area contributed by atoms with Gasteiger partial charge in [-0.3, -0.25) is 0 Å². The van der Waals surface area contributed by atoms with E-state index in [2.05, 4.69) is 34.1 Å². The highest BCUT2D eigenvalue weighted by atomic mass is 32.2. The Kier molecular flexibility index (Phi) is 4.57. The molecule has 3 nitrogen and oxygen atoms in total. The Morgan fingerprint density at radius 2 is 2.12 bits per heavy atom. The number of thioether (sulfide) groups is 1. The maximum atomic E-state index is 5.85. The molecule has 94 valence electrons. The van der Waals surface area contributed by atoms with Crippen molar-refractivity contribution in [2.45, 2.75) is 6.42 Å². The summed E-state index contributed by atoms with van der Waals surface area (Å²) in [7, 11) is 1.96. The number of nitrogens with two attached hydrogens (primary N) is 1. The van der Waals surface area contributed by atoms with Crippen LogP contribution in [0.2, 0.25) is 0 Å². The van der Waals surface area contributed by atoms with Crippen molar-refractivity contribution >= 4 is 23.1 Å². The fourth-order valence-corrected chi connectivity index (χ4v) is 3.15. The van der Waals surface area contributed by atoms with Gasteiger partial charge in [0.25, 0.3) is 0 Å². The summed E-state index contributed by atoms with van der Waals surface area (Å²) in [6.45, 7) is 3.59. The standard InChI is InChI=1S/C13H21N3S/c1-15-13-3-2-12(14)10-11(13)4-5-16-6-8-17-9-7-16/h2-3,10,15H,4-9,14H2,1H3. The lowest BCUT2D eigenvalue weighted by atomic mass is 10.1. The average Bonchev–Trinajstić information content (AvgIpc) is 2.38. The number of nitrogens with one attached hydrogen (secondary N) is 1. The average molecular weight is 251 g/mol. The number of hydrogen-bond donors (Lipinski definition) is 2. The van der Waals surface area contributed by atoms with Crippen LogP contribution in [0, 0.1) is 0 Å². The van der Waals surface area contributed by atoms with E-state index in [9.17, 15) is 0 Å². The van der Waals surface area contributed by atoms with E-state index in [0.717, 1.165) is 18.7 Å². The van der Waals surface area contributed by atoms with Gasteiger partial charge in [-0.15, -0.1) is 0 Å². The maximum Gasteiger partial charge on any atom is 0.0372 e. The third kappa shape index (κ3) is 3.54. The van der Waals surface area contributed by atoms with Gasteiger partial charge in [0.1, 0.15) is 0 Å². The van der Waals surface area contributed by atoms with E-state index < -0.39 is 0 Å². The van der Waals surface area contributed by atoms with Crippen molar-refractivity contribution in [2.24, 2.45) is 0 Å². The first-order chi connectivity index (χ1) is 8.29. The molecular weight excluding hydrogens is 230 g/mol. The van der Waals surface area contributed by atoms with Crippen LogP contribution < -0.4 is 11.1 Å². The summed E-state index contributed by atoms with van der Waals surface area (Å²) >= 11 is 2.06. The Balaban J connectivity index is 1.95. The highest BCUT2D eigenvalue weighted by Crippen LogP contribution is 2.20. The molecule has 0 aromatic heterocycles. The Bertz CT molecular complexity index is 362. The van der Waals surface area contributed by atoms with Gasteiger partial charge in [0.2, 0.25) is 0 Å². The van der Waals surface area contributed by atoms with Crippen LogP contribution in [-0.4, -0.2) is 43.1 Å². The molecule has 0 saturated carbocycles. The summed E-state index contributed by atoms with van der Waals surface area (Å²) in [5, 5.41) is 3.23. The molecule has 0 unspecified atom stereocenters. The Morgan fingerprint density at radius 3 is 2.82 bits per heavy atom. The van der Waals surface area contributed by atoms with E-state index in [1.165, 1.54) is 35.8 Å². The van der Waals surface area contributed by atoms with E-state index >= 15 is 0 Å². The van der Waals surface area contributed by atoms with E-state index in [4.69, 9.17) is 5.73 Å². The highest BCUT2D eigenvalue weighted by Gasteiger charge is 2.11. The maximum absolute atomic E-state index is 5.85. The third-order valence-corrected chi connectivity index (χ3v) is 4.14. The molecule has 0 atom stereocenters. The second-order valence-corrected chi connectivity index (χ2v) is 5.60. The van der Waals surface area contributed by atoms with E-state index in [0.29, 0.717) is 0 Å². The smallest absolute Gasteiger partial charge is 0.0372 e. The molecule has 1 heterocycles. The zero-order valence-electron chi connectivity index (χ0n) is 10.4. The molecular formula is C13H21N3S. The van der Waals surface area contributed by atoms with Gasteiger partial charge in [0, 0.05) is 49.6 Å². The number of nitrogen functional groups attached to an aromatic ring is 1. The number of nitrogens with zero attached hydrogens (tertiary/aromatic N) is 1. The summed E-state index contributed by atoms with van der Waals surface area (Å²) < 4.78 is 0. The number of hydrogen-bond acceptors (Lipinski definition) is 4. The molecule has 4 heteroatoms. The molecule has 1 aromatic carbocycles. The summed E-state index contributed by atoms with van der Waals surface area (Å²) in [4.78, 5) is 2.54. The van der Waals surface area contributed by atoms with Crippen LogP contribution in [0.5, 0.6) is 0 Å². The quantitative estimate of drug-likeness (QED) is 0.802. The number of anilines is 2. The molecule has 2 rings (SSSR count). The molecule has 0 amide bonds. The van der Waals surface area contributed by atoms with Gasteiger partial charge < -0.3 is 16.0 Å². The Morgan fingerprint density at radius 1 is 1.35 bits per heavy atom. The lowest BCUT2D eigenvalue weighted by molar-refractivity contribution is 0.307. The van der Waals surface area contributed by atoms with Crippen LogP contribution in [0.1, 0.15) is 5.56 Å². The number of benzene rings is 1. The first-order valence-electron chi connectivity index (χ1n) is 6.16. The molecule has 0 aliphatic carbocycles. The summed E-state index contributed by atoms with van der Waals surface area (Å²) in [6, 6.07) is 6.11. The molecule has 1 aliphatic rings. The summed E-state index contributed by atoms with van der Waals surface area (Å²) in [5.74, 6) is 2.55. The van der Waals surface area contributed by atoms with Crippen molar-refractivity contribution in [2.75, 3.05) is 49.2 Å². The molecule has 1 aliphatic heterocycles. The molecule has 17 heavy (non-hydrogen) atoms. The zero-order chi connectivity index (χ0) is 12.1. The first kappa shape index (κ1) is 12.6. The lowest BCUT2D eigenvalue weighted by Gasteiger charge is -2.26. The Labute approximate surface area is 108 Å². The monoisotopic (exact) mass is 251 g/mol. The van der Waals surface area contributed by atoms with Gasteiger partial charge in [-0.2, -0.15) is 11.8 Å². The third-order valence-electron chi connectivity index (χ3n) is 3.20. The summed E-state index contributed by atoms with van der Waals surface area (Å²) in [5.41, 5.74) is 9.23. The fourth-order valence-electron chi connectivity index (χ4n) is 2.17. The second-order valence-electron chi connectivity index (χ2n) is 4.37. The van der Waals surface area contributed by atoms with Gasteiger partial charge in [-0.25, -0.2) is 0 Å². The predicted molar refractivity (Wildman–Crippen MR) is 77.9 cm³/mol. The van der Waals surface area contributed by atoms with Crippen LogP contribution in [-0.2, 0) is 6.42 Å². The minimum absolute atomic E-state index is 0.855. The number of rotatable bonds is 4. The molecule has 1 aromatic rings. The van der Waals surface area contributed by atoms with Crippen LogP contribution in [0.15, 0.2) is 18.2 Å². The van der Waals surface area contributed by atoms with Gasteiger partial charge in [0.15, 0.2) is 0 Å². The largest absolute Gasteiger partial charge is 0.399 e. The van der Waals surface area contributed by atoms with Crippen molar-refractivity contribution < 1.29 is 0 Å². The summed E-state index contributed by atoms with van der Waals surface area (Å²) in [6.07, 6.45) is 1.08. The van der Waals surface area contributed by atoms with Gasteiger partial charge in [-0.1, -0.05) is 0 Å². The van der Waals surface area contributed by atoms with Crippen molar-refractivity contribution in [1.29, 1.82) is 0 Å². The molecule has 0 bridgehead atoms. The van der Waals surface area contributed by atoms with Crippen molar-refractivity contribution in [3.63, 3.8) is 0 Å². The van der Waals surface area contributed by atoms with E-state index in [-0.39, 0.29) is 0 Å². The van der Waals surface area contributed by atoms with Crippen molar-refractivity contribution in [3.05, 3.63) is 23.8 Å². The van der Waals surface area contributed by atoms with Crippen LogP contribution in [0.25, 0.3) is 0 Å². The van der Waals surface area contributed by atoms with Crippen LogP contribution >= 0.6 is 11.8 Å². The predicted octanol–water partition coefficient (Wildman–Crippen LogP) is 1.90. The minimum Gasteiger partial charge on any atom is -0.399 e. The fraction of sp³-hybridized carbons (Fsp3) is 0.538. The zero-order valence-corrected chi connectivity index (χ0v) is 11.2. The lowest BCUT2D eigenvalue weighted by Crippen LogP contribution is -2.34. The molecule has 1 fully saturated rings. The molecule has 0 spiro atoms. The SMILES string of the molecule is CNc1ccc(N)cc1CCN1CCSCC1. The van der Waals surface area contributed by atoms with Crippen molar-refractivity contribution in [1.82, 2.24) is 4.90 Å². The Hall–Kier alpha value is -0.870. The van der Waals surface area contributed by atoms with Crippen LogP contribution in [0.4, 0.5) is 11.4 Å². The second kappa shape index (κ2) is 6.17. The van der Waals surface area contributed by atoms with Gasteiger partial charge >= 0.3 is 0 Å². The van der Waals surface area contributed by atoms with E-state index in [1.807, 2.05) is 13.1 Å². The van der Waals surface area contributed by atoms with Crippen molar-refractivity contribution in [3.8, 4) is 0 Å². The van der Waals surface area contributed by atoms with Gasteiger partial charge in [0.05, 0.1) is 0 Å². The first-order valence-corrected chi connectivity index (χ1v) is 7.31. The van der Waals surface area contributed by atoms with E-state index in [1.54, 1.807) is 0 Å². The molecule has 3 N–H and O–H groups in total. The van der Waals surface area contributed by atoms with Gasteiger partial charge in [-0.05, 0) is 30.2 Å². The normalized spacial score (nSPS) is 17.0. The minimum atomic E-state index is 0.855. The molecule has 0 radical (unpaired) electrons. The highest BCUT2D eigenvalue weighted by molar-refractivity contribution is 7.99. The van der Waals surface area contributed by atoms with Crippen LogP contribution in [0.3, 0.4) is 0 Å². The molecule has 1 saturated heterocycles. The topological polar surface area (TPSA) is 41.3 Å².